The van der Waals surface area contributed by atoms with Gasteiger partial charge in [0.25, 0.3) is 0 Å². The first-order valence-electron chi connectivity index (χ1n) is 7.77. The third kappa shape index (κ3) is 3.39. The molecule has 2 aromatic rings. The first-order valence-corrected chi connectivity index (χ1v) is 7.77. The van der Waals surface area contributed by atoms with Crippen LogP contribution in [0.5, 0.6) is 0 Å². The number of hydrogen-bond donors (Lipinski definition) is 1. The van der Waals surface area contributed by atoms with Gasteiger partial charge in [0.2, 0.25) is 5.91 Å². The topological polar surface area (TPSA) is 45.5 Å². The van der Waals surface area contributed by atoms with Gasteiger partial charge in [-0.2, -0.15) is 0 Å². The van der Waals surface area contributed by atoms with Crippen molar-refractivity contribution < 1.29 is 9.21 Å². The van der Waals surface area contributed by atoms with Crippen LogP contribution in [0.4, 0.5) is 0 Å². The van der Waals surface area contributed by atoms with E-state index in [0.29, 0.717) is 6.54 Å². The summed E-state index contributed by atoms with van der Waals surface area (Å²) in [6.45, 7) is 2.36. The van der Waals surface area contributed by atoms with Gasteiger partial charge in [0.15, 0.2) is 0 Å². The number of amides is 1. The summed E-state index contributed by atoms with van der Waals surface area (Å²) in [5.41, 5.74) is 1.25. The summed E-state index contributed by atoms with van der Waals surface area (Å²) < 4.78 is 5.29. The Morgan fingerprint density at radius 3 is 2.77 bits per heavy atom. The summed E-state index contributed by atoms with van der Waals surface area (Å²) in [4.78, 5) is 14.8. The lowest BCUT2D eigenvalue weighted by atomic mass is 9.88. The Kier molecular flexibility index (Phi) is 4.59. The van der Waals surface area contributed by atoms with Gasteiger partial charge < -0.3 is 14.6 Å². The summed E-state index contributed by atoms with van der Waals surface area (Å²) >= 11 is 0. The van der Waals surface area contributed by atoms with Gasteiger partial charge in [0, 0.05) is 32.0 Å². The maximum absolute atomic E-state index is 12.5. The number of benzene rings is 1. The molecule has 1 amide bonds. The van der Waals surface area contributed by atoms with Gasteiger partial charge in [-0.3, -0.25) is 4.79 Å². The van der Waals surface area contributed by atoms with Crippen LogP contribution in [0, 0.1) is 5.92 Å². The molecule has 2 heterocycles. The van der Waals surface area contributed by atoms with E-state index in [1.54, 1.807) is 6.26 Å². The van der Waals surface area contributed by atoms with E-state index in [4.69, 9.17) is 4.42 Å². The van der Waals surface area contributed by atoms with Crippen molar-refractivity contribution >= 4 is 5.91 Å². The first-order chi connectivity index (χ1) is 10.7. The molecule has 1 saturated heterocycles. The van der Waals surface area contributed by atoms with Crippen LogP contribution in [0.25, 0.3) is 0 Å². The second-order valence-corrected chi connectivity index (χ2v) is 5.97. The van der Waals surface area contributed by atoms with E-state index in [-0.39, 0.29) is 17.7 Å². The molecule has 0 aliphatic carbocycles. The number of carbonyl (C=O) groups excluding carboxylic acids is 1. The molecule has 0 radical (unpaired) electrons. The van der Waals surface area contributed by atoms with Crippen molar-refractivity contribution in [2.24, 2.45) is 5.92 Å². The second-order valence-electron chi connectivity index (χ2n) is 5.97. The maximum Gasteiger partial charge on any atom is 0.225 e. The Bertz CT molecular complexity index is 595. The van der Waals surface area contributed by atoms with Gasteiger partial charge in [0.05, 0.1) is 12.2 Å². The molecule has 1 aromatic carbocycles. The number of nitrogens with zero attached hydrogens (tertiary/aromatic N) is 1. The Balaban J connectivity index is 1.60. The molecule has 0 spiro atoms. The van der Waals surface area contributed by atoms with Crippen molar-refractivity contribution in [1.29, 1.82) is 0 Å². The lowest BCUT2D eigenvalue weighted by Gasteiger charge is -2.18. The fourth-order valence-electron chi connectivity index (χ4n) is 3.20. The minimum absolute atomic E-state index is 0.0176. The van der Waals surface area contributed by atoms with Crippen molar-refractivity contribution in [3.63, 3.8) is 0 Å². The van der Waals surface area contributed by atoms with E-state index in [1.807, 2.05) is 30.3 Å². The van der Waals surface area contributed by atoms with E-state index in [1.165, 1.54) is 5.56 Å². The zero-order chi connectivity index (χ0) is 15.4. The van der Waals surface area contributed by atoms with E-state index in [9.17, 15) is 4.79 Å². The number of likely N-dealkylation sites (N-methyl/N-ethyl adjacent to an activating group) is 1. The Morgan fingerprint density at radius 1 is 1.23 bits per heavy atom. The average molecular weight is 298 g/mol. The molecule has 1 fully saturated rings. The standard InChI is InChI=1S/C18H22N2O2/c1-20-12-16(14-6-3-2-4-7-14)17(13-20)18(21)19-10-9-15-8-5-11-22-15/h2-8,11,16-17H,9-10,12-13H2,1H3,(H,19,21)/t16-,17-/m1/s1. The zero-order valence-electron chi connectivity index (χ0n) is 12.9. The fourth-order valence-corrected chi connectivity index (χ4v) is 3.20. The molecule has 1 aliphatic rings. The smallest absolute Gasteiger partial charge is 0.225 e. The van der Waals surface area contributed by atoms with Crippen molar-refractivity contribution in [3.8, 4) is 0 Å². The molecule has 116 valence electrons. The normalized spacial score (nSPS) is 21.9. The van der Waals surface area contributed by atoms with Gasteiger partial charge in [-0.15, -0.1) is 0 Å². The molecular formula is C18H22N2O2. The highest BCUT2D eigenvalue weighted by Crippen LogP contribution is 2.31. The number of furan rings is 1. The van der Waals surface area contributed by atoms with Crippen LogP contribution < -0.4 is 5.32 Å². The molecule has 1 aliphatic heterocycles. The summed E-state index contributed by atoms with van der Waals surface area (Å²) in [6, 6.07) is 14.1. The minimum atomic E-state index is 0.0176. The molecule has 0 bridgehead atoms. The highest BCUT2D eigenvalue weighted by atomic mass is 16.3. The molecule has 0 unspecified atom stereocenters. The van der Waals surface area contributed by atoms with Crippen LogP contribution in [-0.2, 0) is 11.2 Å². The van der Waals surface area contributed by atoms with Crippen LogP contribution in [0.1, 0.15) is 17.2 Å². The number of carbonyl (C=O) groups is 1. The largest absolute Gasteiger partial charge is 0.469 e. The predicted molar refractivity (Wildman–Crippen MR) is 85.6 cm³/mol. The van der Waals surface area contributed by atoms with Crippen LogP contribution in [0.2, 0.25) is 0 Å². The third-order valence-electron chi connectivity index (χ3n) is 4.32. The fraction of sp³-hybridized carbons (Fsp3) is 0.389. The average Bonchev–Trinajstić information content (AvgIpc) is 3.17. The molecule has 2 atom stereocenters. The molecule has 0 saturated carbocycles. The summed E-state index contributed by atoms with van der Waals surface area (Å²) in [6.07, 6.45) is 2.39. The molecule has 1 aromatic heterocycles. The van der Waals surface area contributed by atoms with Crippen molar-refractivity contribution in [3.05, 3.63) is 60.1 Å². The van der Waals surface area contributed by atoms with Gasteiger partial charge >= 0.3 is 0 Å². The van der Waals surface area contributed by atoms with Crippen LogP contribution in [-0.4, -0.2) is 37.5 Å². The van der Waals surface area contributed by atoms with Crippen LogP contribution in [0.15, 0.2) is 53.1 Å². The Labute approximate surface area is 131 Å². The molecular weight excluding hydrogens is 276 g/mol. The molecule has 3 rings (SSSR count). The van der Waals surface area contributed by atoms with Crippen molar-refractivity contribution in [2.45, 2.75) is 12.3 Å². The lowest BCUT2D eigenvalue weighted by molar-refractivity contribution is -0.124. The SMILES string of the molecule is CN1C[C@H](c2ccccc2)[C@H](C(=O)NCCc2ccco2)C1. The number of likely N-dealkylation sites (tertiary alicyclic amines) is 1. The summed E-state index contributed by atoms with van der Waals surface area (Å²) in [5, 5.41) is 3.06. The zero-order valence-corrected chi connectivity index (χ0v) is 12.9. The van der Waals surface area contributed by atoms with E-state index in [2.05, 4.69) is 29.4 Å². The monoisotopic (exact) mass is 298 g/mol. The lowest BCUT2D eigenvalue weighted by Crippen LogP contribution is -2.35. The van der Waals surface area contributed by atoms with Gasteiger partial charge in [-0.05, 0) is 24.7 Å². The summed E-state index contributed by atoms with van der Waals surface area (Å²) in [7, 11) is 2.08. The van der Waals surface area contributed by atoms with Crippen LogP contribution in [0.3, 0.4) is 0 Å². The van der Waals surface area contributed by atoms with Gasteiger partial charge in [-0.1, -0.05) is 30.3 Å². The third-order valence-corrected chi connectivity index (χ3v) is 4.32. The molecule has 1 N–H and O–H groups in total. The highest BCUT2D eigenvalue weighted by molar-refractivity contribution is 5.80. The Hall–Kier alpha value is -2.07. The van der Waals surface area contributed by atoms with E-state index in [0.717, 1.165) is 25.3 Å². The molecule has 4 nitrogen and oxygen atoms in total. The Morgan fingerprint density at radius 2 is 2.05 bits per heavy atom. The highest BCUT2D eigenvalue weighted by Gasteiger charge is 2.36. The summed E-state index contributed by atoms with van der Waals surface area (Å²) in [5.74, 6) is 1.34. The maximum atomic E-state index is 12.5. The van der Waals surface area contributed by atoms with Crippen molar-refractivity contribution in [2.75, 3.05) is 26.7 Å². The van der Waals surface area contributed by atoms with Gasteiger partial charge in [-0.25, -0.2) is 0 Å². The molecule has 4 heteroatoms. The number of nitrogens with one attached hydrogen (secondary N) is 1. The molecule has 22 heavy (non-hydrogen) atoms. The van der Waals surface area contributed by atoms with Crippen molar-refractivity contribution in [1.82, 2.24) is 10.2 Å². The second kappa shape index (κ2) is 6.79. The quantitative estimate of drug-likeness (QED) is 0.921. The van der Waals surface area contributed by atoms with E-state index >= 15 is 0 Å². The number of hydrogen-bond acceptors (Lipinski definition) is 3. The predicted octanol–water partition coefficient (Wildman–Crippen LogP) is 2.28. The van der Waals surface area contributed by atoms with Gasteiger partial charge in [0.1, 0.15) is 5.76 Å². The van der Waals surface area contributed by atoms with Crippen LogP contribution >= 0.6 is 0 Å². The first kappa shape index (κ1) is 14.9. The van der Waals surface area contributed by atoms with E-state index < -0.39 is 0 Å². The minimum Gasteiger partial charge on any atom is -0.469 e. The number of rotatable bonds is 5.